The van der Waals surface area contributed by atoms with Gasteiger partial charge >= 0.3 is 0 Å². The zero-order valence-electron chi connectivity index (χ0n) is 12.2. The number of hydrogen-bond acceptors (Lipinski definition) is 5. The second-order valence-corrected chi connectivity index (χ2v) is 7.14. The van der Waals surface area contributed by atoms with Crippen molar-refractivity contribution in [2.45, 2.75) is 17.4 Å². The summed E-state index contributed by atoms with van der Waals surface area (Å²) in [7, 11) is -0.392. The molecular weight excluding hydrogens is 314 g/mol. The van der Waals surface area contributed by atoms with Gasteiger partial charge in [-0.25, -0.2) is 8.42 Å². The maximum atomic E-state index is 11.9. The Morgan fingerprint density at radius 1 is 1.33 bits per heavy atom. The van der Waals surface area contributed by atoms with Gasteiger partial charge in [0, 0.05) is 13.3 Å². The van der Waals surface area contributed by atoms with Gasteiger partial charge in [-0.1, -0.05) is 17.7 Å². The molecule has 1 amide bonds. The first-order valence-electron chi connectivity index (χ1n) is 6.08. The first-order chi connectivity index (χ1) is 9.57. The predicted octanol–water partition coefficient (Wildman–Crippen LogP) is 0.835. The quantitative estimate of drug-likeness (QED) is 0.696. The van der Waals surface area contributed by atoms with E-state index < -0.39 is 15.4 Å². The Hall–Kier alpha value is -1.44. The van der Waals surface area contributed by atoms with Crippen molar-refractivity contribution in [1.29, 1.82) is 5.41 Å². The zero-order valence-corrected chi connectivity index (χ0v) is 13.8. The highest BCUT2D eigenvalue weighted by Gasteiger charge is 2.36. The van der Waals surface area contributed by atoms with Crippen molar-refractivity contribution in [3.8, 4) is 0 Å². The second kappa shape index (κ2) is 6.13. The van der Waals surface area contributed by atoms with Crippen LogP contribution in [0.1, 0.15) is 12.5 Å². The lowest BCUT2D eigenvalue weighted by Gasteiger charge is -2.28. The Labute approximate surface area is 129 Å². The van der Waals surface area contributed by atoms with Crippen molar-refractivity contribution in [2.75, 3.05) is 20.4 Å². The van der Waals surface area contributed by atoms with Crippen LogP contribution in [0.4, 0.5) is 0 Å². The molecule has 1 rings (SSSR count). The third-order valence-electron chi connectivity index (χ3n) is 3.30. The summed E-state index contributed by atoms with van der Waals surface area (Å²) in [5.74, 6) is -0.377. The highest BCUT2D eigenvalue weighted by molar-refractivity contribution is 7.90. The molecule has 116 valence electrons. The minimum atomic E-state index is -3.44. The molecule has 0 aliphatic rings. The molecule has 0 saturated carbocycles. The minimum absolute atomic E-state index is 0.00757. The molecule has 0 aliphatic heterocycles. The average molecular weight is 332 g/mol. The van der Waals surface area contributed by atoms with Gasteiger partial charge in [-0.05, 0) is 31.7 Å². The van der Waals surface area contributed by atoms with E-state index in [1.54, 1.807) is 14.0 Å². The van der Waals surface area contributed by atoms with Gasteiger partial charge in [0.25, 0.3) is 0 Å². The number of likely N-dealkylation sites (N-methyl/N-ethyl adjacent to an activating group) is 2. The molecule has 8 heteroatoms. The van der Waals surface area contributed by atoms with Crippen LogP contribution in [0.2, 0.25) is 5.02 Å². The molecule has 0 bridgehead atoms. The van der Waals surface area contributed by atoms with E-state index in [1.807, 2.05) is 0 Å². The highest BCUT2D eigenvalue weighted by atomic mass is 35.5. The lowest BCUT2D eigenvalue weighted by atomic mass is 9.89. The average Bonchev–Trinajstić information content (AvgIpc) is 2.43. The molecule has 0 fully saturated rings. The van der Waals surface area contributed by atoms with Crippen LogP contribution >= 0.6 is 11.6 Å². The molecular formula is C13H18ClN3O3S. The third kappa shape index (κ3) is 3.42. The lowest BCUT2D eigenvalue weighted by Crippen LogP contribution is -2.58. The monoisotopic (exact) mass is 331 g/mol. The predicted molar refractivity (Wildman–Crippen MR) is 82.9 cm³/mol. The smallest absolute Gasteiger partial charge is 0.245 e. The van der Waals surface area contributed by atoms with E-state index in [0.717, 1.165) is 6.26 Å². The van der Waals surface area contributed by atoms with Gasteiger partial charge in [-0.15, -0.1) is 0 Å². The maximum absolute atomic E-state index is 11.9. The number of halogens is 1. The maximum Gasteiger partial charge on any atom is 0.245 e. The summed E-state index contributed by atoms with van der Waals surface area (Å²) in [6.45, 7) is 1.56. The van der Waals surface area contributed by atoms with Crippen molar-refractivity contribution >= 4 is 33.1 Å². The molecule has 0 aliphatic carbocycles. The number of rotatable bonds is 5. The second-order valence-electron chi connectivity index (χ2n) is 4.75. The number of benzene rings is 1. The molecule has 0 spiro atoms. The van der Waals surface area contributed by atoms with Crippen molar-refractivity contribution in [3.63, 3.8) is 0 Å². The van der Waals surface area contributed by atoms with Gasteiger partial charge in [-0.3, -0.25) is 4.79 Å². The van der Waals surface area contributed by atoms with Crippen LogP contribution in [-0.4, -0.2) is 45.9 Å². The van der Waals surface area contributed by atoms with Gasteiger partial charge in [0.05, 0.1) is 15.6 Å². The summed E-state index contributed by atoms with van der Waals surface area (Å²) in [6, 6.07) is 4.17. The van der Waals surface area contributed by atoms with Gasteiger partial charge in [0.2, 0.25) is 5.91 Å². The molecule has 6 nitrogen and oxygen atoms in total. The van der Waals surface area contributed by atoms with E-state index in [4.69, 9.17) is 17.0 Å². The molecule has 0 aromatic heterocycles. The molecule has 0 heterocycles. The number of hydrogen-bond donors (Lipinski definition) is 3. The Morgan fingerprint density at radius 3 is 2.29 bits per heavy atom. The van der Waals surface area contributed by atoms with Crippen molar-refractivity contribution in [3.05, 3.63) is 28.8 Å². The number of carbonyl (C=O) groups is 1. The molecule has 3 N–H and O–H groups in total. The van der Waals surface area contributed by atoms with Gasteiger partial charge in [-0.2, -0.15) is 0 Å². The fourth-order valence-corrected chi connectivity index (χ4v) is 3.18. The highest BCUT2D eigenvalue weighted by Crippen LogP contribution is 2.24. The van der Waals surface area contributed by atoms with E-state index in [2.05, 4.69) is 10.6 Å². The van der Waals surface area contributed by atoms with Crippen molar-refractivity contribution in [1.82, 2.24) is 10.6 Å². The van der Waals surface area contributed by atoms with Gasteiger partial charge < -0.3 is 16.0 Å². The van der Waals surface area contributed by atoms with Crippen molar-refractivity contribution < 1.29 is 13.2 Å². The fraction of sp³-hybridized carbons (Fsp3) is 0.385. The van der Waals surface area contributed by atoms with Crippen LogP contribution in [0.3, 0.4) is 0 Å². The summed E-state index contributed by atoms with van der Waals surface area (Å²) < 4.78 is 23.1. The number of sulfone groups is 1. The van der Waals surface area contributed by atoms with Crippen LogP contribution in [0.15, 0.2) is 23.1 Å². The van der Waals surface area contributed by atoms with Gasteiger partial charge in [0.15, 0.2) is 9.84 Å². The van der Waals surface area contributed by atoms with E-state index in [0.29, 0.717) is 5.56 Å². The number of amides is 1. The summed E-state index contributed by atoms with van der Waals surface area (Å²) in [5, 5.41) is 13.5. The Kier molecular flexibility index (Phi) is 5.14. The SMILES string of the molecule is CNC(=O)C(C)(NC)C(=N)c1ccc(S(C)(=O)=O)c(Cl)c1. The number of nitrogens with one attached hydrogen (secondary N) is 3. The van der Waals surface area contributed by atoms with Gasteiger partial charge in [0.1, 0.15) is 5.54 Å². The van der Waals surface area contributed by atoms with Crippen LogP contribution in [-0.2, 0) is 14.6 Å². The van der Waals surface area contributed by atoms with E-state index >= 15 is 0 Å². The molecule has 1 aromatic rings. The topological polar surface area (TPSA) is 99.1 Å². The Morgan fingerprint density at radius 2 is 1.90 bits per heavy atom. The normalized spacial score (nSPS) is 14.3. The molecule has 21 heavy (non-hydrogen) atoms. The largest absolute Gasteiger partial charge is 0.357 e. The molecule has 0 saturated heterocycles. The first kappa shape index (κ1) is 17.6. The summed E-state index contributed by atoms with van der Waals surface area (Å²) >= 11 is 5.97. The summed E-state index contributed by atoms with van der Waals surface area (Å²) in [5.41, 5.74) is -0.885. The van der Waals surface area contributed by atoms with E-state index in [-0.39, 0.29) is 21.5 Å². The molecule has 1 unspecified atom stereocenters. The number of carbonyl (C=O) groups excluding carboxylic acids is 1. The Bertz CT molecular complexity index is 688. The molecule has 0 radical (unpaired) electrons. The molecule has 1 aromatic carbocycles. The third-order valence-corrected chi connectivity index (χ3v) is 4.88. The molecule has 1 atom stereocenters. The zero-order chi connectivity index (χ0) is 16.4. The van der Waals surface area contributed by atoms with Crippen LogP contribution in [0, 0.1) is 5.41 Å². The van der Waals surface area contributed by atoms with E-state index in [1.165, 1.54) is 25.2 Å². The standard InChI is InChI=1S/C13H18ClN3O3S/c1-13(17-3,12(18)16-2)11(15)8-5-6-10(9(14)7-8)21(4,19)20/h5-7,15,17H,1-4H3,(H,16,18). The van der Waals surface area contributed by atoms with E-state index in [9.17, 15) is 13.2 Å². The van der Waals surface area contributed by atoms with Crippen LogP contribution in [0.5, 0.6) is 0 Å². The van der Waals surface area contributed by atoms with Crippen molar-refractivity contribution in [2.24, 2.45) is 0 Å². The lowest BCUT2D eigenvalue weighted by molar-refractivity contribution is -0.123. The fourth-order valence-electron chi connectivity index (χ4n) is 1.85. The summed E-state index contributed by atoms with van der Waals surface area (Å²) in [6.07, 6.45) is 1.06. The van der Waals surface area contributed by atoms with Crippen LogP contribution in [0.25, 0.3) is 0 Å². The summed E-state index contributed by atoms with van der Waals surface area (Å²) in [4.78, 5) is 11.9. The Balaban J connectivity index is 3.32. The first-order valence-corrected chi connectivity index (χ1v) is 8.35. The van der Waals surface area contributed by atoms with Crippen LogP contribution < -0.4 is 10.6 Å². The minimum Gasteiger partial charge on any atom is -0.357 e.